The third-order valence-corrected chi connectivity index (χ3v) is 4.87. The van der Waals surface area contributed by atoms with E-state index in [4.69, 9.17) is 0 Å². The van der Waals surface area contributed by atoms with E-state index < -0.39 is 0 Å². The number of carbonyl (C=O) groups is 1. The number of nitro groups is 1. The fourth-order valence-corrected chi connectivity index (χ4v) is 3.42. The van der Waals surface area contributed by atoms with E-state index in [1.165, 1.54) is 6.07 Å². The summed E-state index contributed by atoms with van der Waals surface area (Å²) in [6, 6.07) is 6.79. The van der Waals surface area contributed by atoms with Crippen molar-refractivity contribution >= 4 is 17.3 Å². The van der Waals surface area contributed by atoms with Crippen molar-refractivity contribution in [1.82, 2.24) is 10.2 Å². The molecule has 0 saturated carbocycles. The van der Waals surface area contributed by atoms with E-state index in [0.717, 1.165) is 19.5 Å². The molecular formula is C16H22N4O3. The summed E-state index contributed by atoms with van der Waals surface area (Å²) in [5.41, 5.74) is 0.457. The van der Waals surface area contributed by atoms with E-state index in [2.05, 4.69) is 5.32 Å². The van der Waals surface area contributed by atoms with E-state index in [9.17, 15) is 14.9 Å². The average Bonchev–Trinajstić information content (AvgIpc) is 3.02. The standard InChI is InChI=1S/C16H22N4O3/c1-16(6-7-17-12-16)15(21)19-10-8-18(9-11-19)13-4-2-3-5-14(13)20(22)23/h2-5,17H,6-12H2,1H3. The first-order chi connectivity index (χ1) is 11.0. The molecule has 2 saturated heterocycles. The smallest absolute Gasteiger partial charge is 0.292 e. The third kappa shape index (κ3) is 3.01. The summed E-state index contributed by atoms with van der Waals surface area (Å²) in [6.45, 7) is 6.11. The van der Waals surface area contributed by atoms with Gasteiger partial charge in [-0.05, 0) is 26.0 Å². The molecule has 7 nitrogen and oxygen atoms in total. The fraction of sp³-hybridized carbons (Fsp3) is 0.562. The summed E-state index contributed by atoms with van der Waals surface area (Å²) < 4.78 is 0. The van der Waals surface area contributed by atoms with Crippen LogP contribution in [-0.4, -0.2) is 55.0 Å². The predicted octanol–water partition coefficient (Wildman–Crippen LogP) is 1.24. The van der Waals surface area contributed by atoms with Crippen LogP contribution in [0, 0.1) is 15.5 Å². The Morgan fingerprint density at radius 2 is 1.96 bits per heavy atom. The summed E-state index contributed by atoms with van der Waals surface area (Å²) in [6.07, 6.45) is 0.871. The number of nitro benzene ring substituents is 1. The highest BCUT2D eigenvalue weighted by Gasteiger charge is 2.40. The topological polar surface area (TPSA) is 78.7 Å². The molecule has 0 bridgehead atoms. The van der Waals surface area contributed by atoms with Gasteiger partial charge in [0.1, 0.15) is 5.69 Å². The molecule has 0 aromatic heterocycles. The monoisotopic (exact) mass is 318 g/mol. The lowest BCUT2D eigenvalue weighted by atomic mass is 9.88. The second-order valence-electron chi connectivity index (χ2n) is 6.51. The molecule has 1 N–H and O–H groups in total. The number of nitrogens with zero attached hydrogens (tertiary/aromatic N) is 3. The van der Waals surface area contributed by atoms with Crippen LogP contribution in [0.2, 0.25) is 0 Å². The molecule has 2 fully saturated rings. The Balaban J connectivity index is 1.67. The number of amides is 1. The zero-order chi connectivity index (χ0) is 16.4. The number of carbonyl (C=O) groups excluding carboxylic acids is 1. The molecule has 1 amide bonds. The molecule has 2 aliphatic heterocycles. The van der Waals surface area contributed by atoms with Crippen LogP contribution < -0.4 is 10.2 Å². The van der Waals surface area contributed by atoms with Crippen molar-refractivity contribution in [2.45, 2.75) is 13.3 Å². The Morgan fingerprint density at radius 1 is 1.26 bits per heavy atom. The van der Waals surface area contributed by atoms with E-state index in [-0.39, 0.29) is 21.9 Å². The first-order valence-electron chi connectivity index (χ1n) is 8.00. The van der Waals surface area contributed by atoms with Crippen LogP contribution in [0.3, 0.4) is 0 Å². The average molecular weight is 318 g/mol. The van der Waals surface area contributed by atoms with Crippen molar-refractivity contribution in [3.8, 4) is 0 Å². The maximum absolute atomic E-state index is 12.7. The number of benzene rings is 1. The quantitative estimate of drug-likeness (QED) is 0.670. The van der Waals surface area contributed by atoms with E-state index >= 15 is 0 Å². The predicted molar refractivity (Wildman–Crippen MR) is 87.5 cm³/mol. The molecule has 7 heteroatoms. The van der Waals surface area contributed by atoms with Gasteiger partial charge in [0.05, 0.1) is 10.3 Å². The molecule has 1 atom stereocenters. The summed E-state index contributed by atoms with van der Waals surface area (Å²) in [5.74, 6) is 0.199. The van der Waals surface area contributed by atoms with Gasteiger partial charge in [-0.3, -0.25) is 14.9 Å². The molecule has 1 aromatic carbocycles. The van der Waals surface area contributed by atoms with Crippen molar-refractivity contribution in [1.29, 1.82) is 0 Å². The number of para-hydroxylation sites is 2. The molecule has 0 spiro atoms. The molecule has 1 unspecified atom stereocenters. The highest BCUT2D eigenvalue weighted by molar-refractivity contribution is 5.83. The molecule has 1 aromatic rings. The summed E-state index contributed by atoms with van der Waals surface area (Å²) in [5, 5.41) is 14.4. The lowest BCUT2D eigenvalue weighted by molar-refractivity contribution is -0.384. The van der Waals surface area contributed by atoms with Crippen molar-refractivity contribution in [2.24, 2.45) is 5.41 Å². The van der Waals surface area contributed by atoms with E-state index in [0.29, 0.717) is 31.9 Å². The van der Waals surface area contributed by atoms with Gasteiger partial charge in [-0.25, -0.2) is 0 Å². The van der Waals surface area contributed by atoms with Crippen molar-refractivity contribution < 1.29 is 9.72 Å². The normalized spacial score (nSPS) is 24.7. The molecule has 0 aliphatic carbocycles. The van der Waals surface area contributed by atoms with Crippen LogP contribution in [0.15, 0.2) is 24.3 Å². The van der Waals surface area contributed by atoms with Crippen LogP contribution in [0.1, 0.15) is 13.3 Å². The van der Waals surface area contributed by atoms with Gasteiger partial charge < -0.3 is 15.1 Å². The Hall–Kier alpha value is -2.15. The second kappa shape index (κ2) is 6.16. The van der Waals surface area contributed by atoms with Gasteiger partial charge in [0.15, 0.2) is 0 Å². The van der Waals surface area contributed by atoms with Gasteiger partial charge in [0, 0.05) is 38.8 Å². The first-order valence-corrected chi connectivity index (χ1v) is 8.00. The molecule has 23 heavy (non-hydrogen) atoms. The zero-order valence-corrected chi connectivity index (χ0v) is 13.3. The number of rotatable bonds is 3. The maximum atomic E-state index is 12.7. The fourth-order valence-electron chi connectivity index (χ4n) is 3.42. The van der Waals surface area contributed by atoms with Crippen LogP contribution in [0.25, 0.3) is 0 Å². The molecule has 2 heterocycles. The Morgan fingerprint density at radius 3 is 2.57 bits per heavy atom. The first kappa shape index (κ1) is 15.7. The minimum atomic E-state index is -0.349. The van der Waals surface area contributed by atoms with E-state index in [1.54, 1.807) is 12.1 Å². The van der Waals surface area contributed by atoms with Crippen LogP contribution in [-0.2, 0) is 4.79 Å². The Bertz CT molecular complexity index is 605. The van der Waals surface area contributed by atoms with Crippen molar-refractivity contribution in [2.75, 3.05) is 44.2 Å². The number of piperazine rings is 1. The summed E-state index contributed by atoms with van der Waals surface area (Å²) >= 11 is 0. The number of nitrogens with one attached hydrogen (secondary N) is 1. The minimum absolute atomic E-state index is 0.124. The van der Waals surface area contributed by atoms with Crippen molar-refractivity contribution in [3.63, 3.8) is 0 Å². The molecular weight excluding hydrogens is 296 g/mol. The van der Waals surface area contributed by atoms with Crippen LogP contribution in [0.4, 0.5) is 11.4 Å². The van der Waals surface area contributed by atoms with Gasteiger partial charge in [0.2, 0.25) is 5.91 Å². The van der Waals surface area contributed by atoms with Gasteiger partial charge in [-0.2, -0.15) is 0 Å². The highest BCUT2D eigenvalue weighted by Crippen LogP contribution is 2.30. The van der Waals surface area contributed by atoms with Crippen molar-refractivity contribution in [3.05, 3.63) is 34.4 Å². The van der Waals surface area contributed by atoms with Crippen LogP contribution >= 0.6 is 0 Å². The Labute approximate surface area is 135 Å². The maximum Gasteiger partial charge on any atom is 0.292 e. The molecule has 124 valence electrons. The molecule has 2 aliphatic rings. The molecule has 3 rings (SSSR count). The summed E-state index contributed by atoms with van der Waals surface area (Å²) in [7, 11) is 0. The SMILES string of the molecule is CC1(C(=O)N2CCN(c3ccccc3[N+](=O)[O-])CC2)CCNC1. The lowest BCUT2D eigenvalue weighted by Crippen LogP contribution is -2.53. The number of hydrogen-bond donors (Lipinski definition) is 1. The van der Waals surface area contributed by atoms with Gasteiger partial charge in [-0.1, -0.05) is 12.1 Å². The minimum Gasteiger partial charge on any atom is -0.362 e. The largest absolute Gasteiger partial charge is 0.362 e. The molecule has 0 radical (unpaired) electrons. The third-order valence-electron chi connectivity index (χ3n) is 4.87. The zero-order valence-electron chi connectivity index (χ0n) is 13.3. The highest BCUT2D eigenvalue weighted by atomic mass is 16.6. The second-order valence-corrected chi connectivity index (χ2v) is 6.51. The van der Waals surface area contributed by atoms with Crippen LogP contribution in [0.5, 0.6) is 0 Å². The van der Waals surface area contributed by atoms with Gasteiger partial charge in [-0.15, -0.1) is 0 Å². The van der Waals surface area contributed by atoms with E-state index in [1.807, 2.05) is 22.8 Å². The van der Waals surface area contributed by atoms with Gasteiger partial charge >= 0.3 is 0 Å². The number of anilines is 1. The van der Waals surface area contributed by atoms with Gasteiger partial charge in [0.25, 0.3) is 5.69 Å². The number of hydrogen-bond acceptors (Lipinski definition) is 5. The Kier molecular flexibility index (Phi) is 4.21. The summed E-state index contributed by atoms with van der Waals surface area (Å²) in [4.78, 5) is 27.4. The lowest BCUT2D eigenvalue weighted by Gasteiger charge is -2.39.